The van der Waals surface area contributed by atoms with Gasteiger partial charge in [0.15, 0.2) is 0 Å². The van der Waals surface area contributed by atoms with E-state index >= 15 is 0 Å². The normalized spacial score (nSPS) is 13.6. The van der Waals surface area contributed by atoms with Crippen LogP contribution in [-0.4, -0.2) is 12.0 Å². The maximum absolute atomic E-state index is 11.9. The van der Waals surface area contributed by atoms with Gasteiger partial charge in [0, 0.05) is 18.3 Å². The fourth-order valence-electron chi connectivity index (χ4n) is 1.20. The van der Waals surface area contributed by atoms with Crippen LogP contribution in [0.1, 0.15) is 18.5 Å². The number of nitrogens with one attached hydrogen (secondary N) is 1. The lowest BCUT2D eigenvalue weighted by molar-refractivity contribution is -0.165. The first-order chi connectivity index (χ1) is 7.91. The van der Waals surface area contributed by atoms with Crippen LogP contribution in [0.2, 0.25) is 0 Å². The van der Waals surface area contributed by atoms with Crippen LogP contribution in [0.25, 0.3) is 0 Å². The molecule has 1 N–H and O–H groups in total. The van der Waals surface area contributed by atoms with Gasteiger partial charge in [-0.2, -0.15) is 13.2 Å². The van der Waals surface area contributed by atoms with Gasteiger partial charge in [0.05, 0.1) is 0 Å². The van der Waals surface area contributed by atoms with Crippen molar-refractivity contribution in [2.24, 2.45) is 0 Å². The Morgan fingerprint density at radius 1 is 1.29 bits per heavy atom. The smallest absolute Gasteiger partial charge is 0.384 e. The van der Waals surface area contributed by atoms with Crippen LogP contribution in [0.4, 0.5) is 13.2 Å². The molecule has 1 atom stereocenters. The van der Waals surface area contributed by atoms with Crippen LogP contribution in [0.15, 0.2) is 42.6 Å². The number of carbonyl (C=O) groups is 1. The second-order valence-electron chi connectivity index (χ2n) is 3.49. The monoisotopic (exact) mass is 243 g/mol. The lowest BCUT2D eigenvalue weighted by Crippen LogP contribution is -2.21. The van der Waals surface area contributed by atoms with Crippen molar-refractivity contribution >= 4 is 5.78 Å². The second-order valence-corrected chi connectivity index (χ2v) is 3.49. The molecular weight excluding hydrogens is 231 g/mol. The van der Waals surface area contributed by atoms with Crippen molar-refractivity contribution in [1.29, 1.82) is 0 Å². The summed E-state index contributed by atoms with van der Waals surface area (Å²) in [5.74, 6) is -1.87. The maximum Gasteiger partial charge on any atom is 0.454 e. The lowest BCUT2D eigenvalue weighted by atomic mass is 10.1. The summed E-state index contributed by atoms with van der Waals surface area (Å²) in [7, 11) is 0. The summed E-state index contributed by atoms with van der Waals surface area (Å²) in [6.45, 7) is 1.79. The van der Waals surface area contributed by atoms with Crippen LogP contribution >= 0.6 is 0 Å². The number of hydrogen-bond acceptors (Lipinski definition) is 2. The molecule has 0 radical (unpaired) electrons. The summed E-state index contributed by atoms with van der Waals surface area (Å²) in [6, 6.07) is 9.04. The minimum atomic E-state index is -4.81. The van der Waals surface area contributed by atoms with Gasteiger partial charge in [-0.15, -0.1) is 0 Å². The molecule has 0 bridgehead atoms. The molecule has 17 heavy (non-hydrogen) atoms. The molecule has 0 heterocycles. The van der Waals surface area contributed by atoms with Gasteiger partial charge in [0.1, 0.15) is 0 Å². The molecular formula is C12H12F3NO. The van der Waals surface area contributed by atoms with Crippen molar-refractivity contribution in [1.82, 2.24) is 5.32 Å². The summed E-state index contributed by atoms with van der Waals surface area (Å²) in [5, 5.41) is 2.70. The average Bonchev–Trinajstić information content (AvgIpc) is 2.28. The van der Waals surface area contributed by atoms with Gasteiger partial charge in [-0.25, -0.2) is 0 Å². The lowest BCUT2D eigenvalue weighted by Gasteiger charge is -2.11. The topological polar surface area (TPSA) is 29.1 Å². The van der Waals surface area contributed by atoms with Crippen molar-refractivity contribution in [2.45, 2.75) is 19.1 Å². The summed E-state index contributed by atoms with van der Waals surface area (Å²) in [4.78, 5) is 10.5. The third-order valence-electron chi connectivity index (χ3n) is 2.16. The third-order valence-corrected chi connectivity index (χ3v) is 2.16. The van der Waals surface area contributed by atoms with E-state index in [1.54, 1.807) is 6.92 Å². The largest absolute Gasteiger partial charge is 0.454 e. The molecule has 1 aromatic carbocycles. The van der Waals surface area contributed by atoms with Crippen LogP contribution < -0.4 is 5.32 Å². The van der Waals surface area contributed by atoms with E-state index in [4.69, 9.17) is 0 Å². The highest BCUT2D eigenvalue weighted by atomic mass is 19.4. The average molecular weight is 243 g/mol. The number of benzene rings is 1. The van der Waals surface area contributed by atoms with Crippen LogP contribution in [0.5, 0.6) is 0 Å². The van der Waals surface area contributed by atoms with Crippen molar-refractivity contribution in [2.75, 3.05) is 0 Å². The van der Waals surface area contributed by atoms with Crippen LogP contribution in [0.3, 0.4) is 0 Å². The summed E-state index contributed by atoms with van der Waals surface area (Å²) < 4.78 is 35.6. The van der Waals surface area contributed by atoms with Crippen LogP contribution in [0, 0.1) is 0 Å². The summed E-state index contributed by atoms with van der Waals surface area (Å²) >= 11 is 0. The van der Waals surface area contributed by atoms with Gasteiger partial charge in [-0.05, 0) is 12.5 Å². The number of ketones is 1. The molecule has 1 aromatic rings. The molecule has 0 fully saturated rings. The summed E-state index contributed by atoms with van der Waals surface area (Å²) in [5.41, 5.74) is 0.927. The van der Waals surface area contributed by atoms with E-state index in [2.05, 4.69) is 5.32 Å². The van der Waals surface area contributed by atoms with E-state index in [-0.39, 0.29) is 6.04 Å². The molecule has 0 aromatic heterocycles. The summed E-state index contributed by atoms with van der Waals surface area (Å²) in [6.07, 6.45) is -3.30. The molecule has 0 aliphatic carbocycles. The standard InChI is InChI=1S/C12H12F3NO/c1-9(10-5-3-2-4-6-10)16-8-7-11(17)12(13,14)15/h2-9,16H,1H3/b8-7-. The fourth-order valence-corrected chi connectivity index (χ4v) is 1.20. The Morgan fingerprint density at radius 2 is 1.88 bits per heavy atom. The number of rotatable bonds is 4. The molecule has 2 nitrogen and oxygen atoms in total. The van der Waals surface area contributed by atoms with E-state index in [0.717, 1.165) is 11.8 Å². The van der Waals surface area contributed by atoms with Crippen LogP contribution in [-0.2, 0) is 4.79 Å². The molecule has 0 amide bonds. The Morgan fingerprint density at radius 3 is 2.41 bits per heavy atom. The zero-order valence-electron chi connectivity index (χ0n) is 9.16. The first-order valence-corrected chi connectivity index (χ1v) is 5.00. The van der Waals surface area contributed by atoms with E-state index in [9.17, 15) is 18.0 Å². The van der Waals surface area contributed by atoms with Gasteiger partial charge in [0.2, 0.25) is 0 Å². The highest BCUT2D eigenvalue weighted by Gasteiger charge is 2.35. The van der Waals surface area contributed by atoms with Crippen molar-refractivity contribution in [3.05, 3.63) is 48.2 Å². The Bertz CT molecular complexity index is 398. The number of allylic oxidation sites excluding steroid dienone is 1. The Kier molecular flexibility index (Phi) is 4.31. The molecule has 1 rings (SSSR count). The van der Waals surface area contributed by atoms with Crippen molar-refractivity contribution in [3.8, 4) is 0 Å². The number of halogens is 3. The van der Waals surface area contributed by atoms with Gasteiger partial charge >= 0.3 is 6.18 Å². The zero-order chi connectivity index (χ0) is 12.9. The second kappa shape index (κ2) is 5.52. The molecule has 5 heteroatoms. The van der Waals surface area contributed by atoms with E-state index in [0.29, 0.717) is 6.08 Å². The fraction of sp³-hybridized carbons (Fsp3) is 0.250. The first kappa shape index (κ1) is 13.3. The highest BCUT2D eigenvalue weighted by Crippen LogP contribution is 2.16. The molecule has 0 aliphatic heterocycles. The Hall–Kier alpha value is -1.78. The molecule has 1 unspecified atom stereocenters. The number of alkyl halides is 3. The molecule has 92 valence electrons. The molecule has 0 spiro atoms. The van der Waals surface area contributed by atoms with E-state index in [1.165, 1.54) is 0 Å². The van der Waals surface area contributed by atoms with Gasteiger partial charge < -0.3 is 5.32 Å². The minimum absolute atomic E-state index is 0.159. The van der Waals surface area contributed by atoms with E-state index < -0.39 is 12.0 Å². The first-order valence-electron chi connectivity index (χ1n) is 5.00. The molecule has 0 saturated carbocycles. The van der Waals surface area contributed by atoms with Crippen molar-refractivity contribution < 1.29 is 18.0 Å². The molecule has 0 aliphatic rings. The molecule has 0 saturated heterocycles. The third kappa shape index (κ3) is 4.30. The maximum atomic E-state index is 11.9. The Balaban J connectivity index is 2.52. The van der Waals surface area contributed by atoms with E-state index in [1.807, 2.05) is 30.3 Å². The minimum Gasteiger partial charge on any atom is -0.384 e. The SMILES string of the molecule is CC(N/C=C\C(=O)C(F)(F)F)c1ccccc1. The number of carbonyl (C=O) groups excluding carboxylic acids is 1. The van der Waals surface area contributed by atoms with Gasteiger partial charge in [-0.1, -0.05) is 30.3 Å². The highest BCUT2D eigenvalue weighted by molar-refractivity contribution is 5.94. The Labute approximate surface area is 97.1 Å². The number of hydrogen-bond donors (Lipinski definition) is 1. The van der Waals surface area contributed by atoms with Gasteiger partial charge in [0.25, 0.3) is 5.78 Å². The quantitative estimate of drug-likeness (QED) is 0.824. The predicted molar refractivity (Wildman–Crippen MR) is 58.2 cm³/mol. The van der Waals surface area contributed by atoms with Crippen molar-refractivity contribution in [3.63, 3.8) is 0 Å². The zero-order valence-corrected chi connectivity index (χ0v) is 9.16. The predicted octanol–water partition coefficient (Wildman–Crippen LogP) is 2.98. The van der Waals surface area contributed by atoms with Gasteiger partial charge in [-0.3, -0.25) is 4.79 Å².